The van der Waals surface area contributed by atoms with Crippen LogP contribution in [0.4, 0.5) is 0 Å². The third-order valence-corrected chi connectivity index (χ3v) is 5.12. The lowest BCUT2D eigenvalue weighted by molar-refractivity contribution is 0.182. The molecule has 0 radical (unpaired) electrons. The van der Waals surface area contributed by atoms with Gasteiger partial charge < -0.3 is 5.11 Å². The van der Waals surface area contributed by atoms with Gasteiger partial charge in [0.15, 0.2) is 0 Å². The van der Waals surface area contributed by atoms with Crippen LogP contribution >= 0.6 is 22.7 Å². The van der Waals surface area contributed by atoms with Crippen molar-refractivity contribution < 1.29 is 5.11 Å². The van der Waals surface area contributed by atoms with E-state index in [1.807, 2.05) is 17.1 Å². The van der Waals surface area contributed by atoms with Gasteiger partial charge in [-0.15, -0.1) is 22.7 Å². The monoisotopic (exact) mass is 278 g/mol. The van der Waals surface area contributed by atoms with E-state index >= 15 is 0 Å². The second-order valence-corrected chi connectivity index (χ2v) is 6.29. The highest BCUT2D eigenvalue weighted by atomic mass is 32.1. The Morgan fingerprint density at radius 2 is 2.33 bits per heavy atom. The largest absolute Gasteiger partial charge is 0.387 e. The number of fused-ring (bicyclic) bond motifs is 1. The van der Waals surface area contributed by atoms with Crippen molar-refractivity contribution in [1.82, 2.24) is 9.78 Å². The lowest BCUT2D eigenvalue weighted by Crippen LogP contribution is -1.98. The molecule has 0 amide bonds. The molecule has 3 heterocycles. The van der Waals surface area contributed by atoms with E-state index in [1.54, 1.807) is 22.7 Å². The van der Waals surface area contributed by atoms with Gasteiger partial charge in [-0.2, -0.15) is 5.10 Å². The molecule has 94 valence electrons. The zero-order chi connectivity index (χ0) is 12.5. The van der Waals surface area contributed by atoms with Crippen molar-refractivity contribution in [1.29, 1.82) is 0 Å². The van der Waals surface area contributed by atoms with E-state index in [9.17, 15) is 5.11 Å². The Labute approximate surface area is 113 Å². The molecule has 0 aromatic carbocycles. The fraction of sp³-hybridized carbons (Fsp3) is 0.308. The number of aromatic nitrogens is 2. The number of aliphatic hydroxyl groups is 1. The first-order chi connectivity index (χ1) is 8.76. The molecule has 0 bridgehead atoms. The summed E-state index contributed by atoms with van der Waals surface area (Å²) in [6, 6.07) is 4.20. The lowest BCUT2D eigenvalue weighted by Gasteiger charge is -2.05. The molecule has 0 fully saturated rings. The lowest BCUT2D eigenvalue weighted by atomic mass is 10.1. The van der Waals surface area contributed by atoms with Gasteiger partial charge in [0.05, 0.1) is 12.3 Å². The first-order valence-corrected chi connectivity index (χ1v) is 7.62. The smallest absolute Gasteiger partial charge is 0.0924 e. The van der Waals surface area contributed by atoms with Crippen molar-refractivity contribution in [2.24, 2.45) is 0 Å². The third kappa shape index (κ3) is 2.21. The average molecular weight is 278 g/mol. The van der Waals surface area contributed by atoms with Crippen LogP contribution in [-0.2, 0) is 13.0 Å². The van der Waals surface area contributed by atoms with Gasteiger partial charge in [-0.3, -0.25) is 4.68 Å². The Hall–Kier alpha value is -1.17. The Balaban J connectivity index is 1.77. The summed E-state index contributed by atoms with van der Waals surface area (Å²) in [5, 5.41) is 16.6. The molecule has 0 saturated heterocycles. The molecule has 0 aliphatic carbocycles. The average Bonchev–Trinajstić information content (AvgIpc) is 3.02. The van der Waals surface area contributed by atoms with E-state index in [0.717, 1.165) is 17.0 Å². The molecule has 0 spiro atoms. The van der Waals surface area contributed by atoms with Crippen molar-refractivity contribution in [3.05, 3.63) is 40.3 Å². The molecule has 18 heavy (non-hydrogen) atoms. The van der Waals surface area contributed by atoms with Crippen molar-refractivity contribution in [3.8, 4) is 0 Å². The Kier molecular flexibility index (Phi) is 3.20. The topological polar surface area (TPSA) is 38.0 Å². The number of rotatable bonds is 4. The van der Waals surface area contributed by atoms with Gasteiger partial charge in [0.1, 0.15) is 0 Å². The summed E-state index contributed by atoms with van der Waals surface area (Å²) in [5.41, 5.74) is 1.08. The van der Waals surface area contributed by atoms with E-state index in [0.29, 0.717) is 6.42 Å². The molecule has 3 rings (SSSR count). The van der Waals surface area contributed by atoms with E-state index < -0.39 is 6.10 Å². The maximum Gasteiger partial charge on any atom is 0.0924 e. The van der Waals surface area contributed by atoms with E-state index in [-0.39, 0.29) is 0 Å². The van der Waals surface area contributed by atoms with Gasteiger partial charge in [0.2, 0.25) is 0 Å². The number of aliphatic hydroxyl groups excluding tert-OH is 1. The highest BCUT2D eigenvalue weighted by molar-refractivity contribution is 7.26. The number of nitrogens with zero attached hydrogens (tertiary/aromatic N) is 2. The van der Waals surface area contributed by atoms with Crippen molar-refractivity contribution in [2.45, 2.75) is 26.0 Å². The highest BCUT2D eigenvalue weighted by Gasteiger charge is 2.13. The minimum absolute atomic E-state index is 0.427. The van der Waals surface area contributed by atoms with Crippen LogP contribution in [0.15, 0.2) is 29.9 Å². The minimum Gasteiger partial charge on any atom is -0.387 e. The van der Waals surface area contributed by atoms with Crippen LogP contribution in [-0.4, -0.2) is 14.9 Å². The van der Waals surface area contributed by atoms with Crippen LogP contribution < -0.4 is 0 Å². The minimum atomic E-state index is -0.427. The van der Waals surface area contributed by atoms with Gasteiger partial charge in [-0.1, -0.05) is 0 Å². The molecular formula is C13H14N2OS2. The predicted molar refractivity (Wildman–Crippen MR) is 76.3 cm³/mol. The van der Waals surface area contributed by atoms with E-state index in [2.05, 4.69) is 29.5 Å². The maximum absolute atomic E-state index is 10.3. The number of aryl methyl sites for hydroxylation is 1. The van der Waals surface area contributed by atoms with Crippen molar-refractivity contribution in [2.75, 3.05) is 0 Å². The predicted octanol–water partition coefficient (Wildman–Crippen LogP) is 3.46. The Bertz CT molecular complexity index is 624. The maximum atomic E-state index is 10.3. The standard InChI is InChI=1S/C13H14N2OS2/c1-2-15-8-9(7-14-15)5-10(16)12-6-13-11(18-12)3-4-17-13/h3-4,6-8,10,16H,2,5H2,1H3. The van der Waals surface area contributed by atoms with Crippen LogP contribution in [0.3, 0.4) is 0 Å². The summed E-state index contributed by atoms with van der Waals surface area (Å²) in [4.78, 5) is 1.04. The highest BCUT2D eigenvalue weighted by Crippen LogP contribution is 2.34. The second-order valence-electron chi connectivity index (χ2n) is 4.22. The SMILES string of the molecule is CCn1cc(CC(O)c2cc3sccc3s2)cn1. The fourth-order valence-corrected chi connectivity index (χ4v) is 4.06. The number of thiophene rings is 2. The zero-order valence-corrected chi connectivity index (χ0v) is 11.7. The molecule has 3 aromatic rings. The van der Waals surface area contributed by atoms with Crippen LogP contribution in [0.25, 0.3) is 9.40 Å². The second kappa shape index (κ2) is 4.84. The molecular weight excluding hydrogens is 264 g/mol. The van der Waals surface area contributed by atoms with Crippen LogP contribution in [0.5, 0.6) is 0 Å². The molecule has 0 aliphatic rings. The molecule has 3 aromatic heterocycles. The first-order valence-electron chi connectivity index (χ1n) is 5.92. The summed E-state index contributed by atoms with van der Waals surface area (Å²) in [7, 11) is 0. The van der Waals surface area contributed by atoms with Gasteiger partial charge in [0, 0.05) is 33.4 Å². The molecule has 0 aliphatic heterocycles. The molecule has 1 unspecified atom stereocenters. The van der Waals surface area contributed by atoms with E-state index in [1.165, 1.54) is 9.40 Å². The fourth-order valence-electron chi connectivity index (χ4n) is 1.96. The van der Waals surface area contributed by atoms with Gasteiger partial charge in [-0.25, -0.2) is 0 Å². The number of hydrogen-bond acceptors (Lipinski definition) is 4. The summed E-state index contributed by atoms with van der Waals surface area (Å²) >= 11 is 3.40. The van der Waals surface area contributed by atoms with Crippen LogP contribution in [0.2, 0.25) is 0 Å². The van der Waals surface area contributed by atoms with Crippen molar-refractivity contribution >= 4 is 32.1 Å². The summed E-state index contributed by atoms with van der Waals surface area (Å²) < 4.78 is 4.41. The molecule has 5 heteroatoms. The summed E-state index contributed by atoms with van der Waals surface area (Å²) in [6.07, 6.45) is 4.04. The molecule has 1 N–H and O–H groups in total. The quantitative estimate of drug-likeness (QED) is 0.793. The van der Waals surface area contributed by atoms with E-state index in [4.69, 9.17) is 0 Å². The summed E-state index contributed by atoms with van der Waals surface area (Å²) in [6.45, 7) is 2.92. The van der Waals surface area contributed by atoms with Gasteiger partial charge in [-0.05, 0) is 30.0 Å². The van der Waals surface area contributed by atoms with Gasteiger partial charge in [0.25, 0.3) is 0 Å². The molecule has 3 nitrogen and oxygen atoms in total. The van der Waals surface area contributed by atoms with Crippen molar-refractivity contribution in [3.63, 3.8) is 0 Å². The number of hydrogen-bond donors (Lipinski definition) is 1. The molecule has 0 saturated carbocycles. The molecule has 1 atom stereocenters. The first kappa shape index (κ1) is 11.9. The summed E-state index contributed by atoms with van der Waals surface area (Å²) in [5.74, 6) is 0. The van der Waals surface area contributed by atoms with Gasteiger partial charge >= 0.3 is 0 Å². The normalized spacial score (nSPS) is 13.2. The zero-order valence-electron chi connectivity index (χ0n) is 10.0. The third-order valence-electron chi connectivity index (χ3n) is 2.93. The van der Waals surface area contributed by atoms with Crippen LogP contribution in [0.1, 0.15) is 23.5 Å². The van der Waals surface area contributed by atoms with Crippen LogP contribution in [0, 0.1) is 0 Å². The Morgan fingerprint density at radius 3 is 3.06 bits per heavy atom. The Morgan fingerprint density at radius 1 is 1.44 bits per heavy atom.